The minimum absolute atomic E-state index is 0.0239. The Morgan fingerprint density at radius 2 is 1.73 bits per heavy atom. The molecule has 1 unspecified atom stereocenters. The number of hydrogen-bond donors (Lipinski definition) is 2. The number of anilines is 2. The van der Waals surface area contributed by atoms with Gasteiger partial charge in [-0.25, -0.2) is 4.68 Å². The monoisotopic (exact) mass is 438 g/mol. The van der Waals surface area contributed by atoms with Gasteiger partial charge in [0, 0.05) is 34.5 Å². The first-order valence-electron chi connectivity index (χ1n) is 11.3. The van der Waals surface area contributed by atoms with E-state index in [1.165, 1.54) is 0 Å². The predicted molar refractivity (Wildman–Crippen MR) is 128 cm³/mol. The van der Waals surface area contributed by atoms with Crippen LogP contribution in [-0.2, 0) is 15.0 Å². The molecule has 1 spiro atoms. The number of fused-ring (bicyclic) bond motifs is 5. The van der Waals surface area contributed by atoms with Crippen LogP contribution in [0.2, 0.25) is 0 Å². The molecule has 0 radical (unpaired) electrons. The van der Waals surface area contributed by atoms with E-state index in [1.807, 2.05) is 67.1 Å². The maximum Gasteiger partial charge on any atom is 0.244 e. The maximum absolute atomic E-state index is 14.0. The summed E-state index contributed by atoms with van der Waals surface area (Å²) in [5, 5.41) is 11.5. The Labute approximate surface area is 192 Å². The maximum atomic E-state index is 14.0. The Kier molecular flexibility index (Phi) is 3.90. The summed E-state index contributed by atoms with van der Waals surface area (Å²) in [6, 6.07) is 15.9. The zero-order valence-electron chi connectivity index (χ0n) is 19.2. The van der Waals surface area contributed by atoms with Gasteiger partial charge >= 0.3 is 0 Å². The number of carbonyl (C=O) groups is 2. The molecule has 2 aliphatic heterocycles. The molecule has 6 rings (SSSR count). The van der Waals surface area contributed by atoms with Crippen molar-refractivity contribution in [2.75, 3.05) is 10.6 Å². The van der Waals surface area contributed by atoms with E-state index in [2.05, 4.69) is 24.5 Å². The molecule has 33 heavy (non-hydrogen) atoms. The van der Waals surface area contributed by atoms with Gasteiger partial charge in [0.1, 0.15) is 11.2 Å². The van der Waals surface area contributed by atoms with Gasteiger partial charge in [-0.05, 0) is 43.9 Å². The number of allylic oxidation sites excluding steroid dienone is 1. The summed E-state index contributed by atoms with van der Waals surface area (Å²) < 4.78 is 1.86. The molecular weight excluding hydrogens is 412 g/mol. The standard InChI is InChI=1S/C27H26N4O2/c1-15-10-11-19-18(12-15)27(25(33)29-19)22-16(2)30-31(17-8-6-5-7-9-17)24(22)28-20-13-26(3,4)14-21(32)23(20)27/h5-12,28H,13-14H2,1-4H3,(H,29,33). The van der Waals surface area contributed by atoms with Gasteiger partial charge < -0.3 is 10.6 Å². The fraction of sp³-hybridized carbons (Fsp3) is 0.296. The summed E-state index contributed by atoms with van der Waals surface area (Å²) in [7, 11) is 0. The van der Waals surface area contributed by atoms with Crippen LogP contribution in [0.4, 0.5) is 11.5 Å². The summed E-state index contributed by atoms with van der Waals surface area (Å²) in [6.45, 7) is 8.14. The lowest BCUT2D eigenvalue weighted by molar-refractivity contribution is -0.123. The van der Waals surface area contributed by atoms with Crippen LogP contribution >= 0.6 is 0 Å². The Balaban J connectivity index is 1.74. The Bertz CT molecular complexity index is 1400. The van der Waals surface area contributed by atoms with Crippen molar-refractivity contribution >= 4 is 23.2 Å². The van der Waals surface area contributed by atoms with Crippen molar-refractivity contribution in [1.29, 1.82) is 0 Å². The highest BCUT2D eigenvalue weighted by Crippen LogP contribution is 2.57. The molecule has 0 saturated heterocycles. The van der Waals surface area contributed by atoms with Crippen molar-refractivity contribution in [3.63, 3.8) is 0 Å². The number of nitrogens with one attached hydrogen (secondary N) is 2. The quantitative estimate of drug-likeness (QED) is 0.572. The van der Waals surface area contributed by atoms with E-state index in [0.29, 0.717) is 18.4 Å². The van der Waals surface area contributed by atoms with E-state index in [9.17, 15) is 9.59 Å². The van der Waals surface area contributed by atoms with Crippen LogP contribution in [0.1, 0.15) is 49.1 Å². The second-order valence-corrected chi connectivity index (χ2v) is 10.2. The first-order chi connectivity index (χ1) is 15.7. The van der Waals surface area contributed by atoms with Crippen LogP contribution in [0.3, 0.4) is 0 Å². The first-order valence-corrected chi connectivity index (χ1v) is 11.3. The van der Waals surface area contributed by atoms with Gasteiger partial charge in [0.05, 0.1) is 11.4 Å². The van der Waals surface area contributed by atoms with E-state index in [4.69, 9.17) is 5.10 Å². The molecule has 0 fully saturated rings. The number of carbonyl (C=O) groups excluding carboxylic acids is 2. The molecule has 0 bridgehead atoms. The van der Waals surface area contributed by atoms with E-state index in [-0.39, 0.29) is 17.1 Å². The van der Waals surface area contributed by atoms with Crippen molar-refractivity contribution in [3.8, 4) is 5.69 Å². The van der Waals surface area contributed by atoms with Gasteiger partial charge in [-0.2, -0.15) is 5.10 Å². The molecule has 3 aliphatic rings. The third-order valence-electron chi connectivity index (χ3n) is 7.12. The average molecular weight is 439 g/mol. The molecule has 1 amide bonds. The molecule has 2 N–H and O–H groups in total. The zero-order chi connectivity index (χ0) is 23.1. The summed E-state index contributed by atoms with van der Waals surface area (Å²) in [6.07, 6.45) is 1.09. The minimum atomic E-state index is -1.21. The topological polar surface area (TPSA) is 76.0 Å². The first kappa shape index (κ1) is 20.0. The predicted octanol–water partition coefficient (Wildman–Crippen LogP) is 4.80. The number of aryl methyl sites for hydroxylation is 2. The number of amides is 1. The molecule has 1 aromatic heterocycles. The summed E-state index contributed by atoms with van der Waals surface area (Å²) in [5.74, 6) is 0.602. The van der Waals surface area contributed by atoms with Crippen LogP contribution in [0, 0.1) is 19.3 Å². The lowest BCUT2D eigenvalue weighted by Crippen LogP contribution is -2.48. The van der Waals surface area contributed by atoms with Crippen LogP contribution in [-0.4, -0.2) is 21.5 Å². The van der Waals surface area contributed by atoms with Crippen molar-refractivity contribution in [2.24, 2.45) is 5.41 Å². The number of hydrogen-bond acceptors (Lipinski definition) is 4. The van der Waals surface area contributed by atoms with Crippen LogP contribution in [0.15, 0.2) is 59.8 Å². The molecule has 0 saturated carbocycles. The van der Waals surface area contributed by atoms with Crippen LogP contribution in [0.25, 0.3) is 5.69 Å². The highest BCUT2D eigenvalue weighted by Gasteiger charge is 2.60. The number of benzene rings is 2. The van der Waals surface area contributed by atoms with Crippen molar-refractivity contribution in [2.45, 2.75) is 46.0 Å². The van der Waals surface area contributed by atoms with Crippen molar-refractivity contribution in [3.05, 3.63) is 82.2 Å². The largest absolute Gasteiger partial charge is 0.343 e. The average Bonchev–Trinajstić information content (AvgIpc) is 3.22. The molecular formula is C27H26N4O2. The second kappa shape index (κ2) is 6.44. The number of para-hydroxylation sites is 1. The SMILES string of the molecule is Cc1ccc2c(c1)C1(C(=O)N2)C2=C(CC(C)(C)CC2=O)Nc2c1c(C)nn2-c1ccccc1. The van der Waals surface area contributed by atoms with Gasteiger partial charge in [0.2, 0.25) is 5.91 Å². The lowest BCUT2D eigenvalue weighted by atomic mass is 9.61. The van der Waals surface area contributed by atoms with Gasteiger partial charge in [-0.3, -0.25) is 9.59 Å². The number of nitrogens with zero attached hydrogens (tertiary/aromatic N) is 2. The van der Waals surface area contributed by atoms with Crippen LogP contribution in [0.5, 0.6) is 0 Å². The van der Waals surface area contributed by atoms with Crippen molar-refractivity contribution in [1.82, 2.24) is 9.78 Å². The van der Waals surface area contributed by atoms with Gasteiger partial charge in [0.15, 0.2) is 5.78 Å². The summed E-state index contributed by atoms with van der Waals surface area (Å²) in [4.78, 5) is 27.7. The van der Waals surface area contributed by atoms with Crippen LogP contribution < -0.4 is 10.6 Å². The van der Waals surface area contributed by atoms with Gasteiger partial charge in [0.25, 0.3) is 0 Å². The summed E-state index contributed by atoms with van der Waals surface area (Å²) >= 11 is 0. The normalized spacial score (nSPS) is 22.5. The minimum Gasteiger partial charge on any atom is -0.343 e. The van der Waals surface area contributed by atoms with E-state index < -0.39 is 5.41 Å². The highest BCUT2D eigenvalue weighted by molar-refractivity contribution is 6.20. The van der Waals surface area contributed by atoms with Gasteiger partial charge in [-0.1, -0.05) is 49.7 Å². The fourth-order valence-corrected chi connectivity index (χ4v) is 5.89. The molecule has 1 atom stereocenters. The molecule has 166 valence electrons. The third kappa shape index (κ3) is 2.58. The molecule has 6 nitrogen and oxygen atoms in total. The number of Topliss-reactive ketones (excluding diaryl/α,β-unsaturated/α-hetero) is 1. The van der Waals surface area contributed by atoms with Crippen molar-refractivity contribution < 1.29 is 9.59 Å². The second-order valence-electron chi connectivity index (χ2n) is 10.2. The Morgan fingerprint density at radius 3 is 2.48 bits per heavy atom. The molecule has 6 heteroatoms. The van der Waals surface area contributed by atoms with E-state index in [1.54, 1.807) is 0 Å². The van der Waals surface area contributed by atoms with E-state index >= 15 is 0 Å². The summed E-state index contributed by atoms with van der Waals surface area (Å²) in [5.41, 5.74) is 5.04. The molecule has 2 aromatic carbocycles. The van der Waals surface area contributed by atoms with E-state index in [0.717, 1.165) is 45.3 Å². The van der Waals surface area contributed by atoms with Gasteiger partial charge in [-0.15, -0.1) is 0 Å². The molecule has 1 aliphatic carbocycles. The number of rotatable bonds is 1. The Morgan fingerprint density at radius 1 is 0.970 bits per heavy atom. The molecule has 3 aromatic rings. The zero-order valence-corrected chi connectivity index (χ0v) is 19.2. The highest BCUT2D eigenvalue weighted by atomic mass is 16.2. The lowest BCUT2D eigenvalue weighted by Gasteiger charge is -2.42. The third-order valence-corrected chi connectivity index (χ3v) is 7.12. The fourth-order valence-electron chi connectivity index (χ4n) is 5.89. The Hall–Kier alpha value is -3.67. The molecule has 3 heterocycles. The number of aromatic nitrogens is 2. The number of ketones is 1. The smallest absolute Gasteiger partial charge is 0.244 e.